The first-order valence-electron chi connectivity index (χ1n) is 7.08. The second-order valence-electron chi connectivity index (χ2n) is 5.08. The van der Waals surface area contributed by atoms with Gasteiger partial charge in [0, 0.05) is 20.5 Å². The SMILES string of the molecule is CCOC(=O)C1CCCCN1c1c([N+](=O)[O-])nc(C)n1C. The van der Waals surface area contributed by atoms with Crippen LogP contribution in [-0.2, 0) is 16.6 Å². The van der Waals surface area contributed by atoms with E-state index < -0.39 is 11.0 Å². The summed E-state index contributed by atoms with van der Waals surface area (Å²) >= 11 is 0. The quantitative estimate of drug-likeness (QED) is 0.476. The Kier molecular flexibility index (Phi) is 4.44. The van der Waals surface area contributed by atoms with Gasteiger partial charge in [-0.1, -0.05) is 0 Å². The van der Waals surface area contributed by atoms with Gasteiger partial charge in [0.05, 0.1) is 6.61 Å². The Bertz CT molecular complexity index is 555. The van der Waals surface area contributed by atoms with Crippen molar-refractivity contribution >= 4 is 17.6 Å². The van der Waals surface area contributed by atoms with Crippen LogP contribution in [0.25, 0.3) is 0 Å². The molecule has 0 N–H and O–H groups in total. The van der Waals surface area contributed by atoms with E-state index in [0.29, 0.717) is 31.2 Å². The number of hydrogen-bond donors (Lipinski definition) is 0. The maximum atomic E-state index is 12.1. The molecule has 21 heavy (non-hydrogen) atoms. The molecule has 0 bridgehead atoms. The largest absolute Gasteiger partial charge is 0.464 e. The van der Waals surface area contributed by atoms with Crippen LogP contribution in [0.2, 0.25) is 0 Å². The van der Waals surface area contributed by atoms with Crippen LogP contribution in [0.5, 0.6) is 0 Å². The van der Waals surface area contributed by atoms with Crippen molar-refractivity contribution in [1.29, 1.82) is 0 Å². The number of nitro groups is 1. The minimum atomic E-state index is -0.501. The van der Waals surface area contributed by atoms with E-state index in [9.17, 15) is 14.9 Å². The molecule has 1 unspecified atom stereocenters. The Morgan fingerprint density at radius 1 is 1.52 bits per heavy atom. The van der Waals surface area contributed by atoms with Crippen molar-refractivity contribution < 1.29 is 14.5 Å². The lowest BCUT2D eigenvalue weighted by atomic mass is 10.0. The predicted molar refractivity (Wildman–Crippen MR) is 76.2 cm³/mol. The zero-order valence-electron chi connectivity index (χ0n) is 12.5. The second-order valence-corrected chi connectivity index (χ2v) is 5.08. The number of aryl methyl sites for hydroxylation is 1. The van der Waals surface area contributed by atoms with Crippen LogP contribution in [0.3, 0.4) is 0 Å². The fourth-order valence-electron chi connectivity index (χ4n) is 2.69. The third-order valence-electron chi connectivity index (χ3n) is 3.78. The first-order valence-corrected chi connectivity index (χ1v) is 7.08. The lowest BCUT2D eigenvalue weighted by molar-refractivity contribution is -0.388. The zero-order valence-corrected chi connectivity index (χ0v) is 12.5. The molecule has 1 aliphatic heterocycles. The van der Waals surface area contributed by atoms with Gasteiger partial charge in [0.25, 0.3) is 0 Å². The maximum Gasteiger partial charge on any atom is 0.406 e. The van der Waals surface area contributed by atoms with Crippen LogP contribution in [0, 0.1) is 17.0 Å². The van der Waals surface area contributed by atoms with Crippen LogP contribution in [-0.4, -0.2) is 39.6 Å². The van der Waals surface area contributed by atoms with Gasteiger partial charge in [0.1, 0.15) is 6.04 Å². The van der Waals surface area contributed by atoms with Crippen LogP contribution >= 0.6 is 0 Å². The van der Waals surface area contributed by atoms with Gasteiger partial charge in [-0.05, 0) is 36.1 Å². The van der Waals surface area contributed by atoms with Gasteiger partial charge in [0.15, 0.2) is 0 Å². The number of carbonyl (C=O) groups excluding carboxylic acids is 1. The van der Waals surface area contributed by atoms with E-state index in [-0.39, 0.29) is 11.8 Å². The number of aromatic nitrogens is 2. The number of esters is 1. The topological polar surface area (TPSA) is 90.5 Å². The highest BCUT2D eigenvalue weighted by Crippen LogP contribution is 2.33. The van der Waals surface area contributed by atoms with E-state index in [4.69, 9.17) is 4.74 Å². The molecule has 8 nitrogen and oxygen atoms in total. The highest BCUT2D eigenvalue weighted by Gasteiger charge is 2.37. The molecular weight excluding hydrogens is 276 g/mol. The Labute approximate surface area is 122 Å². The summed E-state index contributed by atoms with van der Waals surface area (Å²) in [6.45, 7) is 4.35. The number of imidazole rings is 1. The average Bonchev–Trinajstić information content (AvgIpc) is 2.75. The van der Waals surface area contributed by atoms with E-state index in [1.54, 1.807) is 30.4 Å². The van der Waals surface area contributed by atoms with Crippen molar-refractivity contribution in [3.05, 3.63) is 15.9 Å². The van der Waals surface area contributed by atoms with Crippen LogP contribution < -0.4 is 4.90 Å². The maximum absolute atomic E-state index is 12.1. The van der Waals surface area contributed by atoms with E-state index in [2.05, 4.69) is 4.98 Å². The summed E-state index contributed by atoms with van der Waals surface area (Å²) in [4.78, 5) is 28.6. The predicted octanol–water partition coefficient (Wildman–Crippen LogP) is 1.56. The van der Waals surface area contributed by atoms with E-state index in [1.807, 2.05) is 0 Å². The summed E-state index contributed by atoms with van der Waals surface area (Å²) in [6.07, 6.45) is 2.43. The number of rotatable bonds is 4. The number of ether oxygens (including phenoxy) is 1. The molecule has 1 saturated heterocycles. The minimum Gasteiger partial charge on any atom is -0.464 e. The second kappa shape index (κ2) is 6.11. The molecule has 0 saturated carbocycles. The summed E-state index contributed by atoms with van der Waals surface area (Å²) in [7, 11) is 1.72. The van der Waals surface area contributed by atoms with E-state index >= 15 is 0 Å². The van der Waals surface area contributed by atoms with Crippen molar-refractivity contribution in [3.63, 3.8) is 0 Å². The van der Waals surface area contributed by atoms with Gasteiger partial charge in [0.2, 0.25) is 11.6 Å². The van der Waals surface area contributed by atoms with Crippen LogP contribution in [0.4, 0.5) is 11.6 Å². The van der Waals surface area contributed by atoms with Gasteiger partial charge in [-0.15, -0.1) is 0 Å². The van der Waals surface area contributed by atoms with Crippen LogP contribution in [0.1, 0.15) is 32.0 Å². The third-order valence-corrected chi connectivity index (χ3v) is 3.78. The molecule has 1 atom stereocenters. The summed E-state index contributed by atoms with van der Waals surface area (Å²) in [5.74, 6) is 0.400. The minimum absolute atomic E-state index is 0.203. The number of carbonyl (C=O) groups is 1. The summed E-state index contributed by atoms with van der Waals surface area (Å²) in [5, 5.41) is 11.2. The van der Waals surface area contributed by atoms with Crippen molar-refractivity contribution in [2.45, 2.75) is 39.2 Å². The molecule has 2 heterocycles. The van der Waals surface area contributed by atoms with Crippen molar-refractivity contribution in [2.75, 3.05) is 18.1 Å². The molecule has 1 aromatic rings. The fraction of sp³-hybridized carbons (Fsp3) is 0.692. The number of nitrogens with zero attached hydrogens (tertiary/aromatic N) is 4. The molecular formula is C13H20N4O4. The number of anilines is 1. The molecule has 116 valence electrons. The van der Waals surface area contributed by atoms with Gasteiger partial charge in [-0.25, -0.2) is 4.79 Å². The first kappa shape index (κ1) is 15.3. The van der Waals surface area contributed by atoms with Gasteiger partial charge in [-0.2, -0.15) is 0 Å². The van der Waals surface area contributed by atoms with Crippen molar-refractivity contribution in [3.8, 4) is 0 Å². The third kappa shape index (κ3) is 2.84. The fourth-order valence-corrected chi connectivity index (χ4v) is 2.69. The molecule has 1 fully saturated rings. The van der Waals surface area contributed by atoms with Gasteiger partial charge >= 0.3 is 11.8 Å². The average molecular weight is 296 g/mol. The standard InChI is InChI=1S/C13H20N4O4/c1-4-21-13(18)10-7-5-6-8-16(10)12-11(17(19)20)14-9(2)15(12)3/h10H,4-8H2,1-3H3. The number of piperidine rings is 1. The molecule has 2 rings (SSSR count). The Balaban J connectivity index is 2.42. The smallest absolute Gasteiger partial charge is 0.406 e. The molecule has 0 radical (unpaired) electrons. The molecule has 1 aromatic heterocycles. The summed E-state index contributed by atoms with van der Waals surface area (Å²) in [6, 6.07) is -0.479. The normalized spacial score (nSPS) is 18.6. The lowest BCUT2D eigenvalue weighted by Crippen LogP contribution is -2.46. The summed E-state index contributed by atoms with van der Waals surface area (Å²) in [5.41, 5.74) is 0. The van der Waals surface area contributed by atoms with Crippen molar-refractivity contribution in [1.82, 2.24) is 9.55 Å². The molecule has 1 aliphatic rings. The summed E-state index contributed by atoms with van der Waals surface area (Å²) < 4.78 is 6.76. The Morgan fingerprint density at radius 2 is 2.24 bits per heavy atom. The highest BCUT2D eigenvalue weighted by molar-refractivity contribution is 5.81. The molecule has 8 heteroatoms. The van der Waals surface area contributed by atoms with Crippen LogP contribution in [0.15, 0.2) is 0 Å². The zero-order chi connectivity index (χ0) is 15.6. The van der Waals surface area contributed by atoms with E-state index in [1.165, 1.54) is 0 Å². The van der Waals surface area contributed by atoms with Gasteiger partial charge in [-0.3, -0.25) is 4.57 Å². The monoisotopic (exact) mass is 296 g/mol. The molecule has 0 spiro atoms. The Hall–Kier alpha value is -2.12. The van der Waals surface area contributed by atoms with Gasteiger partial charge < -0.3 is 19.8 Å². The van der Waals surface area contributed by atoms with E-state index in [0.717, 1.165) is 12.8 Å². The number of hydrogen-bond acceptors (Lipinski definition) is 6. The molecule has 0 aromatic carbocycles. The lowest BCUT2D eigenvalue weighted by Gasteiger charge is -2.34. The van der Waals surface area contributed by atoms with Crippen molar-refractivity contribution in [2.24, 2.45) is 7.05 Å². The molecule has 0 amide bonds. The molecule has 0 aliphatic carbocycles. The first-order chi connectivity index (χ1) is 9.97. The Morgan fingerprint density at radius 3 is 2.86 bits per heavy atom. The highest BCUT2D eigenvalue weighted by atomic mass is 16.6.